The molecular formula is C36H38F3N3O5S2. The Hall–Kier alpha value is -4.20. The van der Waals surface area contributed by atoms with E-state index in [0.717, 1.165) is 39.2 Å². The highest BCUT2D eigenvalue weighted by Gasteiger charge is 2.35. The largest absolute Gasteiger partial charge is 0.416 e. The van der Waals surface area contributed by atoms with E-state index in [1.165, 1.54) is 39.5 Å². The second-order valence-corrected chi connectivity index (χ2v) is 16.0. The number of halogens is 3. The number of nitrogens with zero attached hydrogens (tertiary/aromatic N) is 3. The third-order valence-electron chi connectivity index (χ3n) is 9.35. The van der Waals surface area contributed by atoms with Gasteiger partial charge in [-0.1, -0.05) is 42.5 Å². The fraction of sp³-hybridized carbons (Fsp3) is 0.306. The number of carbonyl (C=O) groups excluding carboxylic acids is 1. The minimum absolute atomic E-state index is 0.0529. The number of rotatable bonds is 8. The second kappa shape index (κ2) is 13.6. The molecular weight excluding hydrogens is 676 g/mol. The Bertz CT molecular complexity index is 2080. The van der Waals surface area contributed by atoms with Gasteiger partial charge in [0.25, 0.3) is 15.9 Å². The highest BCUT2D eigenvalue weighted by molar-refractivity contribution is 7.92. The average Bonchev–Trinajstić information content (AvgIpc) is 3.08. The maximum Gasteiger partial charge on any atom is 0.416 e. The van der Waals surface area contributed by atoms with Crippen LogP contribution in [0.2, 0.25) is 0 Å². The van der Waals surface area contributed by atoms with Crippen molar-refractivity contribution in [3.63, 3.8) is 0 Å². The molecule has 0 bridgehead atoms. The summed E-state index contributed by atoms with van der Waals surface area (Å²) in [5.41, 5.74) is 3.70. The van der Waals surface area contributed by atoms with Gasteiger partial charge in [0.15, 0.2) is 0 Å². The normalized spacial score (nSPS) is 14.6. The first-order valence-electron chi connectivity index (χ1n) is 15.6. The predicted molar refractivity (Wildman–Crippen MR) is 182 cm³/mol. The second-order valence-electron chi connectivity index (χ2n) is 12.2. The summed E-state index contributed by atoms with van der Waals surface area (Å²) in [5, 5.41) is 0. The summed E-state index contributed by atoms with van der Waals surface area (Å²) in [4.78, 5) is 15.1. The summed E-state index contributed by atoms with van der Waals surface area (Å²) in [7, 11) is -8.33. The van der Waals surface area contributed by atoms with Gasteiger partial charge in [0.2, 0.25) is 10.0 Å². The van der Waals surface area contributed by atoms with Crippen LogP contribution in [0.25, 0.3) is 0 Å². The van der Waals surface area contributed by atoms with Crippen LogP contribution >= 0.6 is 0 Å². The molecule has 4 aromatic rings. The van der Waals surface area contributed by atoms with Crippen molar-refractivity contribution in [2.75, 3.05) is 30.5 Å². The van der Waals surface area contributed by atoms with Gasteiger partial charge in [0.05, 0.1) is 27.6 Å². The van der Waals surface area contributed by atoms with Crippen molar-refractivity contribution in [2.45, 2.75) is 57.1 Å². The van der Waals surface area contributed by atoms with E-state index in [1.54, 1.807) is 44.2 Å². The van der Waals surface area contributed by atoms with E-state index in [-0.39, 0.29) is 53.8 Å². The fourth-order valence-electron chi connectivity index (χ4n) is 6.11. The molecule has 1 aliphatic rings. The summed E-state index contributed by atoms with van der Waals surface area (Å²) >= 11 is 0. The SMILES string of the molecule is Cc1c(C)c(C)c(S(=O)(=O)N2CCN(C(=O)c3cccc(S(=O)(=O)N(Cc4ccccc4)c4cccc(C(F)(F)F)c4)c3)CC2)c(C)c1C. The van der Waals surface area contributed by atoms with Crippen molar-refractivity contribution < 1.29 is 34.8 Å². The Morgan fingerprint density at radius 1 is 0.714 bits per heavy atom. The molecule has 0 unspecified atom stereocenters. The van der Waals surface area contributed by atoms with Gasteiger partial charge in [-0.3, -0.25) is 9.10 Å². The van der Waals surface area contributed by atoms with E-state index in [9.17, 15) is 34.8 Å². The number of carbonyl (C=O) groups is 1. The van der Waals surface area contributed by atoms with Crippen molar-refractivity contribution in [3.05, 3.63) is 123 Å². The zero-order valence-corrected chi connectivity index (χ0v) is 29.5. The minimum Gasteiger partial charge on any atom is -0.336 e. The quantitative estimate of drug-likeness (QED) is 0.201. The van der Waals surface area contributed by atoms with Crippen LogP contribution in [0.4, 0.5) is 18.9 Å². The standard InChI is InChI=1S/C36H38F3N3O5S2/c1-24-25(2)27(4)34(28(5)26(24)3)49(46,47)41-19-17-40(18-20-41)35(43)30-13-9-16-33(21-30)48(44,45)42(23-29-11-7-6-8-12-29)32-15-10-14-31(22-32)36(37,38)39/h6-16,21-22H,17-20,23H2,1-5H3. The van der Waals surface area contributed by atoms with Crippen molar-refractivity contribution in [2.24, 2.45) is 0 Å². The molecule has 4 aromatic carbocycles. The molecule has 49 heavy (non-hydrogen) atoms. The van der Waals surface area contributed by atoms with Crippen molar-refractivity contribution in [1.82, 2.24) is 9.21 Å². The minimum atomic E-state index is -4.69. The van der Waals surface area contributed by atoms with Gasteiger partial charge in [0.1, 0.15) is 0 Å². The molecule has 1 aliphatic heterocycles. The third-order valence-corrected chi connectivity index (χ3v) is 13.3. The molecule has 0 radical (unpaired) electrons. The van der Waals surface area contributed by atoms with Crippen molar-refractivity contribution in [3.8, 4) is 0 Å². The predicted octanol–water partition coefficient (Wildman–Crippen LogP) is 6.79. The van der Waals surface area contributed by atoms with Crippen LogP contribution in [-0.2, 0) is 32.8 Å². The zero-order valence-electron chi connectivity index (χ0n) is 27.9. The zero-order chi connectivity index (χ0) is 35.9. The Morgan fingerprint density at radius 2 is 1.29 bits per heavy atom. The van der Waals surface area contributed by atoms with Crippen molar-refractivity contribution in [1.29, 1.82) is 0 Å². The summed E-state index contributed by atoms with van der Waals surface area (Å²) in [6.07, 6.45) is -4.69. The van der Waals surface area contributed by atoms with Crippen LogP contribution in [0, 0.1) is 34.6 Å². The molecule has 0 aromatic heterocycles. The highest BCUT2D eigenvalue weighted by Crippen LogP contribution is 2.35. The van der Waals surface area contributed by atoms with Gasteiger partial charge >= 0.3 is 6.18 Å². The maximum absolute atomic E-state index is 14.1. The van der Waals surface area contributed by atoms with E-state index in [4.69, 9.17) is 0 Å². The summed E-state index contributed by atoms with van der Waals surface area (Å²) in [6, 6.07) is 17.9. The first-order chi connectivity index (χ1) is 22.9. The van der Waals surface area contributed by atoms with Crippen LogP contribution in [0.3, 0.4) is 0 Å². The van der Waals surface area contributed by atoms with Gasteiger partial charge in [-0.25, -0.2) is 16.8 Å². The van der Waals surface area contributed by atoms with Gasteiger partial charge in [-0.15, -0.1) is 0 Å². The number of hydrogen-bond acceptors (Lipinski definition) is 5. The number of alkyl halides is 3. The number of sulfonamides is 2. The Kier molecular flexibility index (Phi) is 10.0. The van der Waals surface area contributed by atoms with Crippen LogP contribution in [-0.4, -0.2) is 58.1 Å². The fourth-order valence-corrected chi connectivity index (χ4v) is 9.59. The van der Waals surface area contributed by atoms with E-state index in [0.29, 0.717) is 16.7 Å². The number of piperazine rings is 1. The Morgan fingerprint density at radius 3 is 1.88 bits per heavy atom. The molecule has 1 heterocycles. The molecule has 0 aliphatic carbocycles. The smallest absolute Gasteiger partial charge is 0.336 e. The Labute approximate surface area is 285 Å². The molecule has 8 nitrogen and oxygen atoms in total. The lowest BCUT2D eigenvalue weighted by Crippen LogP contribution is -2.50. The lowest BCUT2D eigenvalue weighted by molar-refractivity contribution is -0.137. The molecule has 1 saturated heterocycles. The molecule has 13 heteroatoms. The number of anilines is 1. The van der Waals surface area contributed by atoms with Gasteiger partial charge < -0.3 is 4.90 Å². The first-order valence-corrected chi connectivity index (χ1v) is 18.5. The third kappa shape index (κ3) is 7.10. The molecule has 0 atom stereocenters. The summed E-state index contributed by atoms with van der Waals surface area (Å²) in [5.74, 6) is -0.489. The van der Waals surface area contributed by atoms with E-state index >= 15 is 0 Å². The van der Waals surface area contributed by atoms with E-state index in [2.05, 4.69) is 0 Å². The van der Waals surface area contributed by atoms with Crippen LogP contribution in [0.1, 0.15) is 49.3 Å². The molecule has 5 rings (SSSR count). The van der Waals surface area contributed by atoms with E-state index < -0.39 is 37.7 Å². The molecule has 260 valence electrons. The maximum atomic E-state index is 14.1. The summed E-state index contributed by atoms with van der Waals surface area (Å²) < 4.78 is 98.9. The lowest BCUT2D eigenvalue weighted by Gasteiger charge is -2.35. The van der Waals surface area contributed by atoms with E-state index in [1.807, 2.05) is 20.8 Å². The number of benzene rings is 4. The number of hydrogen-bond donors (Lipinski definition) is 0. The van der Waals surface area contributed by atoms with Crippen LogP contribution in [0.15, 0.2) is 88.7 Å². The van der Waals surface area contributed by atoms with Crippen LogP contribution < -0.4 is 4.31 Å². The molecule has 0 saturated carbocycles. The first kappa shape index (κ1) is 36.1. The topological polar surface area (TPSA) is 95.1 Å². The average molecular weight is 714 g/mol. The molecule has 0 spiro atoms. The van der Waals surface area contributed by atoms with Gasteiger partial charge in [-0.2, -0.15) is 17.5 Å². The molecule has 1 fully saturated rings. The Balaban J connectivity index is 1.40. The molecule has 0 N–H and O–H groups in total. The summed E-state index contributed by atoms with van der Waals surface area (Å²) in [6.45, 7) is 9.41. The van der Waals surface area contributed by atoms with Gasteiger partial charge in [0, 0.05) is 31.7 Å². The lowest BCUT2D eigenvalue weighted by atomic mass is 9.95. The monoisotopic (exact) mass is 713 g/mol. The number of amides is 1. The molecule has 1 amide bonds. The van der Waals surface area contributed by atoms with Crippen LogP contribution in [0.5, 0.6) is 0 Å². The van der Waals surface area contributed by atoms with Crippen molar-refractivity contribution >= 4 is 31.6 Å². The van der Waals surface area contributed by atoms with Gasteiger partial charge in [-0.05, 0) is 104 Å². The highest BCUT2D eigenvalue weighted by atomic mass is 32.2.